The van der Waals surface area contributed by atoms with Crippen molar-refractivity contribution in [3.05, 3.63) is 72.8 Å². The topological polar surface area (TPSA) is 0 Å². The van der Waals surface area contributed by atoms with Gasteiger partial charge in [-0.2, -0.15) is 0 Å². The molecule has 0 nitrogen and oxygen atoms in total. The molecule has 0 fully saturated rings. The Labute approximate surface area is 149 Å². The fraction of sp³-hybridized carbons (Fsp3) is 0.391. The molecule has 0 aliphatic rings. The molecule has 0 saturated heterocycles. The third-order valence-corrected chi connectivity index (χ3v) is 6.89. The Bertz CT molecular complexity index is 520. The quantitative estimate of drug-likeness (QED) is 0.252. The summed E-state index contributed by atoms with van der Waals surface area (Å²) in [5.41, 5.74) is 0. The summed E-state index contributed by atoms with van der Waals surface area (Å²) in [5, 5.41) is 3.00. The van der Waals surface area contributed by atoms with Crippen LogP contribution in [0, 0.1) is 0 Å². The van der Waals surface area contributed by atoms with Gasteiger partial charge >= 0.3 is 0 Å². The summed E-state index contributed by atoms with van der Waals surface area (Å²) in [6, 6.07) is 22.1. The molecule has 0 bridgehead atoms. The average Bonchev–Trinajstić information content (AvgIpc) is 2.65. The molecule has 2 aromatic rings. The minimum absolute atomic E-state index is 0.217. The maximum absolute atomic E-state index is 2.40. The molecule has 0 atom stereocenters. The van der Waals surface area contributed by atoms with Crippen LogP contribution < -0.4 is 10.6 Å². The van der Waals surface area contributed by atoms with E-state index in [9.17, 15) is 0 Å². The van der Waals surface area contributed by atoms with E-state index >= 15 is 0 Å². The van der Waals surface area contributed by atoms with Gasteiger partial charge in [0.15, 0.2) is 0 Å². The Morgan fingerprint density at radius 3 is 1.75 bits per heavy atom. The number of rotatable bonds is 11. The van der Waals surface area contributed by atoms with E-state index in [1.54, 1.807) is 0 Å². The van der Waals surface area contributed by atoms with Gasteiger partial charge in [-0.05, 0) is 50.4 Å². The molecule has 0 spiro atoms. The largest absolute Gasteiger partial charge is 0.0885 e. The molecule has 0 aliphatic heterocycles. The second-order valence-electron chi connectivity index (χ2n) is 6.29. The SMILES string of the molecule is CCCCCC/C=C/CCCP(c1ccccc1)c1ccccc1. The molecule has 0 heterocycles. The van der Waals surface area contributed by atoms with Crippen molar-refractivity contribution in [1.29, 1.82) is 0 Å². The standard InChI is InChI=1S/C23H31P/c1-2-3-4-5-6-7-8-9-16-21-24(22-17-12-10-13-18-22)23-19-14-11-15-20-23/h7-8,10-15,17-20H,2-6,9,16,21H2,1H3/b8-7+. The summed E-state index contributed by atoms with van der Waals surface area (Å²) in [6.45, 7) is 2.27. The monoisotopic (exact) mass is 338 g/mol. The first-order chi connectivity index (χ1) is 11.9. The Balaban J connectivity index is 1.81. The van der Waals surface area contributed by atoms with E-state index in [1.807, 2.05) is 0 Å². The van der Waals surface area contributed by atoms with Crippen molar-refractivity contribution in [1.82, 2.24) is 0 Å². The highest BCUT2D eigenvalue weighted by Crippen LogP contribution is 2.34. The van der Waals surface area contributed by atoms with Crippen molar-refractivity contribution in [3.8, 4) is 0 Å². The first kappa shape index (κ1) is 18.9. The van der Waals surface area contributed by atoms with Crippen LogP contribution in [-0.2, 0) is 0 Å². The van der Waals surface area contributed by atoms with Crippen molar-refractivity contribution >= 4 is 18.5 Å². The lowest BCUT2D eigenvalue weighted by Gasteiger charge is -2.18. The number of benzene rings is 2. The van der Waals surface area contributed by atoms with Gasteiger partial charge in [-0.15, -0.1) is 0 Å². The Kier molecular flexibility index (Phi) is 9.50. The van der Waals surface area contributed by atoms with Gasteiger partial charge in [-0.3, -0.25) is 0 Å². The molecule has 128 valence electrons. The fourth-order valence-electron chi connectivity index (χ4n) is 2.92. The van der Waals surface area contributed by atoms with Gasteiger partial charge < -0.3 is 0 Å². The van der Waals surface area contributed by atoms with Gasteiger partial charge in [0.2, 0.25) is 0 Å². The molecule has 1 heteroatoms. The van der Waals surface area contributed by atoms with Crippen molar-refractivity contribution < 1.29 is 0 Å². The zero-order valence-corrected chi connectivity index (χ0v) is 15.9. The van der Waals surface area contributed by atoms with Crippen molar-refractivity contribution in [2.24, 2.45) is 0 Å². The maximum Gasteiger partial charge on any atom is -0.0195 e. The summed E-state index contributed by atoms with van der Waals surface area (Å²) < 4.78 is 0. The van der Waals surface area contributed by atoms with E-state index in [0.29, 0.717) is 0 Å². The molecule has 0 radical (unpaired) electrons. The van der Waals surface area contributed by atoms with Crippen LogP contribution in [0.15, 0.2) is 72.8 Å². The summed E-state index contributed by atoms with van der Waals surface area (Å²) in [4.78, 5) is 0. The average molecular weight is 338 g/mol. The third kappa shape index (κ3) is 7.02. The minimum Gasteiger partial charge on any atom is -0.0885 e. The van der Waals surface area contributed by atoms with Crippen molar-refractivity contribution in [2.45, 2.75) is 51.9 Å². The molecular weight excluding hydrogens is 307 g/mol. The van der Waals surface area contributed by atoms with Gasteiger partial charge in [0, 0.05) is 0 Å². The van der Waals surface area contributed by atoms with Crippen LogP contribution in [-0.4, -0.2) is 6.16 Å². The third-order valence-electron chi connectivity index (χ3n) is 4.28. The van der Waals surface area contributed by atoms with E-state index in [0.717, 1.165) is 0 Å². The molecule has 2 aromatic carbocycles. The maximum atomic E-state index is 2.40. The van der Waals surface area contributed by atoms with Gasteiger partial charge in [-0.1, -0.05) is 99.0 Å². The van der Waals surface area contributed by atoms with E-state index < -0.39 is 0 Å². The second kappa shape index (κ2) is 12.0. The Hall–Kier alpha value is -1.39. The molecule has 0 amide bonds. The highest BCUT2D eigenvalue weighted by atomic mass is 31.1. The van der Waals surface area contributed by atoms with Crippen LogP contribution >= 0.6 is 7.92 Å². The summed E-state index contributed by atoms with van der Waals surface area (Å²) >= 11 is 0. The normalized spacial score (nSPS) is 11.4. The first-order valence-corrected chi connectivity index (χ1v) is 11.0. The zero-order valence-electron chi connectivity index (χ0n) is 15.0. The van der Waals surface area contributed by atoms with Gasteiger partial charge in [0.05, 0.1) is 0 Å². The van der Waals surface area contributed by atoms with Crippen molar-refractivity contribution in [2.75, 3.05) is 6.16 Å². The van der Waals surface area contributed by atoms with Crippen molar-refractivity contribution in [3.63, 3.8) is 0 Å². The van der Waals surface area contributed by atoms with Crippen LogP contribution in [0.5, 0.6) is 0 Å². The van der Waals surface area contributed by atoms with Crippen LogP contribution in [0.1, 0.15) is 51.9 Å². The summed E-state index contributed by atoms with van der Waals surface area (Å²) in [7, 11) is -0.217. The molecule has 0 aliphatic carbocycles. The van der Waals surface area contributed by atoms with Crippen LogP contribution in [0.2, 0.25) is 0 Å². The lowest BCUT2D eigenvalue weighted by Crippen LogP contribution is -2.13. The van der Waals surface area contributed by atoms with E-state index in [-0.39, 0.29) is 7.92 Å². The van der Waals surface area contributed by atoms with Crippen LogP contribution in [0.3, 0.4) is 0 Å². The van der Waals surface area contributed by atoms with E-state index in [2.05, 4.69) is 79.7 Å². The zero-order chi connectivity index (χ0) is 16.9. The fourth-order valence-corrected chi connectivity index (χ4v) is 5.29. The predicted molar refractivity (Wildman–Crippen MR) is 111 cm³/mol. The van der Waals surface area contributed by atoms with Crippen LogP contribution in [0.4, 0.5) is 0 Å². The molecule has 0 aromatic heterocycles. The van der Waals surface area contributed by atoms with Gasteiger partial charge in [0.1, 0.15) is 0 Å². The first-order valence-electron chi connectivity index (χ1n) is 9.44. The number of hydrogen-bond donors (Lipinski definition) is 0. The van der Waals surface area contributed by atoms with Gasteiger partial charge in [0.25, 0.3) is 0 Å². The summed E-state index contributed by atoms with van der Waals surface area (Å²) in [5.74, 6) is 0. The lowest BCUT2D eigenvalue weighted by molar-refractivity contribution is 0.673. The molecule has 0 saturated carbocycles. The number of allylic oxidation sites excluding steroid dienone is 2. The van der Waals surface area contributed by atoms with Gasteiger partial charge in [-0.25, -0.2) is 0 Å². The second-order valence-corrected chi connectivity index (χ2v) is 8.62. The summed E-state index contributed by atoms with van der Waals surface area (Å²) in [6.07, 6.45) is 15.3. The van der Waals surface area contributed by atoms with Crippen LogP contribution in [0.25, 0.3) is 0 Å². The molecule has 2 rings (SSSR count). The minimum atomic E-state index is -0.217. The van der Waals surface area contributed by atoms with E-state index in [1.165, 1.54) is 61.7 Å². The number of unbranched alkanes of at least 4 members (excludes halogenated alkanes) is 5. The molecular formula is C23H31P. The molecule has 0 unspecified atom stereocenters. The smallest absolute Gasteiger partial charge is 0.0195 e. The number of hydrogen-bond acceptors (Lipinski definition) is 0. The Morgan fingerprint density at radius 2 is 1.21 bits per heavy atom. The van der Waals surface area contributed by atoms with E-state index in [4.69, 9.17) is 0 Å². The predicted octanol–water partition coefficient (Wildman–Crippen LogP) is 6.43. The molecule has 0 N–H and O–H groups in total. The lowest BCUT2D eigenvalue weighted by atomic mass is 10.1. The highest BCUT2D eigenvalue weighted by Gasteiger charge is 2.12. The highest BCUT2D eigenvalue weighted by molar-refractivity contribution is 7.73. The molecule has 24 heavy (non-hydrogen) atoms. The Morgan fingerprint density at radius 1 is 0.667 bits per heavy atom.